The summed E-state index contributed by atoms with van der Waals surface area (Å²) >= 11 is 5.19. The number of amides is 1. The Hall–Kier alpha value is -3.77. The molecular formula is C24H20N4OS. The molecule has 1 amide bonds. The number of aromatic nitrogens is 1. The Kier molecular flexibility index (Phi) is 5.41. The fraction of sp³-hybridized carbons (Fsp3) is 0.0417. The van der Waals surface area contributed by atoms with Gasteiger partial charge in [0.15, 0.2) is 5.11 Å². The van der Waals surface area contributed by atoms with E-state index in [1.54, 1.807) is 6.07 Å². The Balaban J connectivity index is 1.77. The number of nitrogens with zero attached hydrogens (tertiary/aromatic N) is 2. The van der Waals surface area contributed by atoms with Crippen LogP contribution in [0.5, 0.6) is 0 Å². The molecule has 1 aromatic heterocycles. The van der Waals surface area contributed by atoms with E-state index in [1.165, 1.54) is 5.01 Å². The Morgan fingerprint density at radius 1 is 0.967 bits per heavy atom. The van der Waals surface area contributed by atoms with Crippen LogP contribution < -0.4 is 16.2 Å². The molecule has 1 heterocycles. The molecule has 148 valence electrons. The number of aryl methyl sites for hydroxylation is 1. The van der Waals surface area contributed by atoms with Crippen molar-refractivity contribution in [1.82, 2.24) is 10.4 Å². The highest BCUT2D eigenvalue weighted by Gasteiger charge is 2.18. The molecule has 0 aliphatic heterocycles. The van der Waals surface area contributed by atoms with Crippen LogP contribution >= 0.6 is 12.2 Å². The quantitative estimate of drug-likeness (QED) is 0.380. The number of fused-ring (bicyclic) bond motifs is 1. The highest BCUT2D eigenvalue weighted by molar-refractivity contribution is 7.80. The van der Waals surface area contributed by atoms with Crippen LogP contribution in [-0.2, 0) is 0 Å². The number of carbonyl (C=O) groups is 1. The number of rotatable bonds is 3. The van der Waals surface area contributed by atoms with Crippen molar-refractivity contribution in [2.45, 2.75) is 6.92 Å². The van der Waals surface area contributed by atoms with Crippen LogP contribution in [0.15, 0.2) is 84.9 Å². The van der Waals surface area contributed by atoms with Crippen LogP contribution in [0, 0.1) is 6.92 Å². The monoisotopic (exact) mass is 412 g/mol. The van der Waals surface area contributed by atoms with Crippen molar-refractivity contribution in [3.05, 3.63) is 96.1 Å². The van der Waals surface area contributed by atoms with Crippen molar-refractivity contribution in [3.63, 3.8) is 0 Å². The standard InChI is InChI=1S/C24H20N4OS/c1-16-8-7-11-18(14-16)28(24(25)30)27-23(29)20-15-22(17-9-3-2-4-10-17)26-21-13-6-5-12-19(20)21/h2-15H,1H3,(H2,25,30)(H,27,29). The highest BCUT2D eigenvalue weighted by atomic mass is 32.1. The summed E-state index contributed by atoms with van der Waals surface area (Å²) in [5.74, 6) is -0.319. The van der Waals surface area contributed by atoms with Crippen LogP contribution in [0.2, 0.25) is 0 Å². The van der Waals surface area contributed by atoms with E-state index >= 15 is 0 Å². The maximum atomic E-state index is 13.3. The number of nitrogens with two attached hydrogens (primary N) is 1. The van der Waals surface area contributed by atoms with E-state index in [2.05, 4.69) is 5.43 Å². The number of carbonyl (C=O) groups excluding carboxylic acids is 1. The van der Waals surface area contributed by atoms with Gasteiger partial charge in [-0.25, -0.2) is 9.99 Å². The molecule has 4 aromatic rings. The smallest absolute Gasteiger partial charge is 0.270 e. The number of benzene rings is 3. The summed E-state index contributed by atoms with van der Waals surface area (Å²) in [4.78, 5) is 18.0. The van der Waals surface area contributed by atoms with Crippen LogP contribution in [-0.4, -0.2) is 16.0 Å². The van der Waals surface area contributed by atoms with Gasteiger partial charge < -0.3 is 5.73 Å². The molecule has 5 nitrogen and oxygen atoms in total. The molecule has 0 saturated carbocycles. The van der Waals surface area contributed by atoms with Crippen molar-refractivity contribution in [1.29, 1.82) is 0 Å². The summed E-state index contributed by atoms with van der Waals surface area (Å²) in [5.41, 5.74) is 13.4. The summed E-state index contributed by atoms with van der Waals surface area (Å²) in [7, 11) is 0. The third-order valence-corrected chi connectivity index (χ3v) is 4.91. The number of hydrazine groups is 1. The molecule has 0 unspecified atom stereocenters. The van der Waals surface area contributed by atoms with Crippen LogP contribution in [0.3, 0.4) is 0 Å². The molecule has 30 heavy (non-hydrogen) atoms. The predicted octanol–water partition coefficient (Wildman–Crippen LogP) is 4.61. The van der Waals surface area contributed by atoms with E-state index in [0.717, 1.165) is 27.7 Å². The molecule has 0 fully saturated rings. The molecule has 0 atom stereocenters. The van der Waals surface area contributed by atoms with Gasteiger partial charge in [-0.1, -0.05) is 60.7 Å². The average Bonchev–Trinajstić information content (AvgIpc) is 2.77. The zero-order valence-electron chi connectivity index (χ0n) is 16.4. The number of thiocarbonyl (C=S) groups is 1. The molecule has 3 aromatic carbocycles. The second-order valence-electron chi connectivity index (χ2n) is 6.89. The normalized spacial score (nSPS) is 10.6. The second-order valence-corrected chi connectivity index (χ2v) is 7.31. The first-order chi connectivity index (χ1) is 14.5. The van der Waals surface area contributed by atoms with E-state index in [-0.39, 0.29) is 11.0 Å². The molecule has 3 N–H and O–H groups in total. The second kappa shape index (κ2) is 8.31. The van der Waals surface area contributed by atoms with Gasteiger partial charge in [0.1, 0.15) is 0 Å². The van der Waals surface area contributed by atoms with Crippen molar-refractivity contribution in [2.24, 2.45) is 5.73 Å². The zero-order chi connectivity index (χ0) is 21.1. The first kappa shape index (κ1) is 19.5. The topological polar surface area (TPSA) is 71.2 Å². The number of anilines is 1. The Bertz CT molecular complexity index is 1240. The molecule has 0 spiro atoms. The lowest BCUT2D eigenvalue weighted by Crippen LogP contribution is -2.49. The minimum absolute atomic E-state index is 0.0515. The first-order valence-electron chi connectivity index (χ1n) is 9.45. The van der Waals surface area contributed by atoms with Gasteiger partial charge >= 0.3 is 0 Å². The predicted molar refractivity (Wildman–Crippen MR) is 125 cm³/mol. The van der Waals surface area contributed by atoms with Gasteiger partial charge in [-0.05, 0) is 49.0 Å². The van der Waals surface area contributed by atoms with Gasteiger partial charge in [0.25, 0.3) is 5.91 Å². The molecular weight excluding hydrogens is 392 g/mol. The average molecular weight is 413 g/mol. The molecule has 0 radical (unpaired) electrons. The Morgan fingerprint density at radius 2 is 1.70 bits per heavy atom. The van der Waals surface area contributed by atoms with Gasteiger partial charge in [0.2, 0.25) is 0 Å². The maximum absolute atomic E-state index is 13.3. The lowest BCUT2D eigenvalue weighted by atomic mass is 10.0. The molecule has 6 heteroatoms. The third kappa shape index (κ3) is 3.99. The van der Waals surface area contributed by atoms with Crippen molar-refractivity contribution in [2.75, 3.05) is 5.01 Å². The van der Waals surface area contributed by atoms with Gasteiger partial charge in [-0.2, -0.15) is 0 Å². The maximum Gasteiger partial charge on any atom is 0.270 e. The summed E-state index contributed by atoms with van der Waals surface area (Å²) < 4.78 is 0. The number of pyridine rings is 1. The number of hydrogen-bond acceptors (Lipinski definition) is 3. The van der Waals surface area contributed by atoms with E-state index in [9.17, 15) is 4.79 Å². The number of hydrogen-bond donors (Lipinski definition) is 2. The Labute approximate surface area is 180 Å². The van der Waals surface area contributed by atoms with Gasteiger partial charge in [-0.15, -0.1) is 0 Å². The van der Waals surface area contributed by atoms with Gasteiger partial charge in [0, 0.05) is 10.9 Å². The number of nitrogens with one attached hydrogen (secondary N) is 1. The number of para-hydroxylation sites is 1. The highest BCUT2D eigenvalue weighted by Crippen LogP contribution is 2.25. The fourth-order valence-electron chi connectivity index (χ4n) is 3.30. The van der Waals surface area contributed by atoms with E-state index < -0.39 is 0 Å². The minimum atomic E-state index is -0.319. The van der Waals surface area contributed by atoms with Crippen LogP contribution in [0.4, 0.5) is 5.69 Å². The summed E-state index contributed by atoms with van der Waals surface area (Å²) in [5, 5.41) is 2.22. The molecule has 0 aliphatic carbocycles. The fourth-order valence-corrected chi connectivity index (χ4v) is 3.45. The van der Waals surface area contributed by atoms with Gasteiger partial charge in [0.05, 0.1) is 22.5 Å². The first-order valence-corrected chi connectivity index (χ1v) is 9.86. The molecule has 0 aliphatic rings. The summed E-state index contributed by atoms with van der Waals surface area (Å²) in [6, 6.07) is 26.7. The third-order valence-electron chi connectivity index (χ3n) is 4.72. The molecule has 4 rings (SSSR count). The van der Waals surface area contributed by atoms with Crippen molar-refractivity contribution in [3.8, 4) is 11.3 Å². The summed E-state index contributed by atoms with van der Waals surface area (Å²) in [6.07, 6.45) is 0. The van der Waals surface area contributed by atoms with Crippen LogP contribution in [0.25, 0.3) is 22.2 Å². The van der Waals surface area contributed by atoms with E-state index in [0.29, 0.717) is 11.3 Å². The Morgan fingerprint density at radius 3 is 2.43 bits per heavy atom. The lowest BCUT2D eigenvalue weighted by Gasteiger charge is -2.24. The molecule has 0 saturated heterocycles. The van der Waals surface area contributed by atoms with E-state index in [4.69, 9.17) is 22.9 Å². The minimum Gasteiger partial charge on any atom is -0.374 e. The largest absolute Gasteiger partial charge is 0.374 e. The van der Waals surface area contributed by atoms with Crippen molar-refractivity contribution >= 4 is 39.8 Å². The van der Waals surface area contributed by atoms with Crippen molar-refractivity contribution < 1.29 is 4.79 Å². The molecule has 0 bridgehead atoms. The zero-order valence-corrected chi connectivity index (χ0v) is 17.2. The summed E-state index contributed by atoms with van der Waals surface area (Å²) in [6.45, 7) is 1.96. The van der Waals surface area contributed by atoms with Gasteiger partial charge in [-0.3, -0.25) is 10.2 Å². The van der Waals surface area contributed by atoms with E-state index in [1.807, 2.05) is 85.8 Å². The SMILES string of the molecule is Cc1cccc(N(NC(=O)c2cc(-c3ccccc3)nc3ccccc23)C(N)=S)c1. The lowest BCUT2D eigenvalue weighted by molar-refractivity contribution is 0.0956. The van der Waals surface area contributed by atoms with Crippen LogP contribution in [0.1, 0.15) is 15.9 Å².